The molecule has 0 aromatic rings. The molecule has 0 bridgehead atoms. The molecule has 0 radical (unpaired) electrons. The van der Waals surface area contributed by atoms with E-state index < -0.39 is 0 Å². The van der Waals surface area contributed by atoms with Gasteiger partial charge in [-0.15, -0.1) is 0 Å². The summed E-state index contributed by atoms with van der Waals surface area (Å²) in [4.78, 5) is 11.5. The summed E-state index contributed by atoms with van der Waals surface area (Å²) in [5, 5.41) is 9.56. The van der Waals surface area contributed by atoms with Crippen molar-refractivity contribution in [3.05, 3.63) is 0 Å². The maximum Gasteiger partial charge on any atom is 0.222 e. The molecule has 0 aromatic heterocycles. The number of hydrogen-bond donors (Lipinski definition) is 3. The first-order valence-electron chi connectivity index (χ1n) is 7.87. The second-order valence-electron chi connectivity index (χ2n) is 5.44. The molecule has 0 saturated carbocycles. The molecule has 0 aliphatic carbocycles. The highest BCUT2D eigenvalue weighted by molar-refractivity contribution is 5.75. The molecule has 5 nitrogen and oxygen atoms in total. The third-order valence-corrected chi connectivity index (χ3v) is 3.05. The Bertz CT molecular complexity index is 235. The summed E-state index contributed by atoms with van der Waals surface area (Å²) in [5.74, 6) is 0.0735. The maximum atomic E-state index is 11.5. The molecular weight excluding hydrogens is 254 g/mol. The zero-order valence-electron chi connectivity index (χ0n) is 13.6. The Morgan fingerprint density at radius 1 is 1.05 bits per heavy atom. The predicted molar refractivity (Wildman–Crippen MR) is 84.0 cm³/mol. The van der Waals surface area contributed by atoms with Gasteiger partial charge in [0, 0.05) is 31.6 Å². The van der Waals surface area contributed by atoms with Crippen molar-refractivity contribution < 1.29 is 9.53 Å². The molecule has 0 aliphatic heterocycles. The molecule has 1 unspecified atom stereocenters. The molecule has 3 N–H and O–H groups in total. The van der Waals surface area contributed by atoms with Crippen molar-refractivity contribution in [1.82, 2.24) is 16.0 Å². The molecule has 20 heavy (non-hydrogen) atoms. The van der Waals surface area contributed by atoms with Crippen LogP contribution in [0.1, 0.15) is 47.0 Å². The third-order valence-electron chi connectivity index (χ3n) is 3.05. The standard InChI is InChI=1S/C15H33N3O2/c1-5-14(4)17-10-12-20-11-7-15(19)18-9-6-8-16-13(2)3/h13-14,16-17H,5-12H2,1-4H3,(H,18,19). The molecule has 0 saturated heterocycles. The molecule has 1 amide bonds. The van der Waals surface area contributed by atoms with Crippen LogP contribution >= 0.6 is 0 Å². The van der Waals surface area contributed by atoms with Crippen LogP contribution in [0.5, 0.6) is 0 Å². The SMILES string of the molecule is CCC(C)NCCOCCC(=O)NCCCNC(C)C. The zero-order chi connectivity index (χ0) is 15.2. The van der Waals surface area contributed by atoms with Crippen molar-refractivity contribution in [2.75, 3.05) is 32.8 Å². The number of carbonyl (C=O) groups is 1. The lowest BCUT2D eigenvalue weighted by atomic mass is 10.3. The van der Waals surface area contributed by atoms with Gasteiger partial charge in [0.15, 0.2) is 0 Å². The van der Waals surface area contributed by atoms with Gasteiger partial charge < -0.3 is 20.7 Å². The van der Waals surface area contributed by atoms with Crippen LogP contribution in [-0.2, 0) is 9.53 Å². The number of nitrogens with one attached hydrogen (secondary N) is 3. The van der Waals surface area contributed by atoms with Crippen LogP contribution < -0.4 is 16.0 Å². The molecule has 120 valence electrons. The van der Waals surface area contributed by atoms with Crippen LogP contribution in [0.15, 0.2) is 0 Å². The van der Waals surface area contributed by atoms with E-state index in [2.05, 4.69) is 43.6 Å². The smallest absolute Gasteiger partial charge is 0.222 e. The Morgan fingerprint density at radius 2 is 1.80 bits per heavy atom. The summed E-state index contributed by atoms with van der Waals surface area (Å²) in [7, 11) is 0. The molecule has 0 rings (SSSR count). The first-order chi connectivity index (χ1) is 9.56. The van der Waals surface area contributed by atoms with Gasteiger partial charge in [-0.25, -0.2) is 0 Å². The van der Waals surface area contributed by atoms with Crippen molar-refractivity contribution in [2.24, 2.45) is 0 Å². The van der Waals surface area contributed by atoms with E-state index in [4.69, 9.17) is 4.74 Å². The zero-order valence-corrected chi connectivity index (χ0v) is 13.6. The summed E-state index contributed by atoms with van der Waals surface area (Å²) < 4.78 is 5.42. The fraction of sp³-hybridized carbons (Fsp3) is 0.933. The minimum atomic E-state index is 0.0735. The Balaban J connectivity index is 3.24. The van der Waals surface area contributed by atoms with Gasteiger partial charge in [-0.1, -0.05) is 20.8 Å². The normalized spacial score (nSPS) is 12.7. The highest BCUT2D eigenvalue weighted by Gasteiger charge is 2.01. The second-order valence-corrected chi connectivity index (χ2v) is 5.44. The number of hydrogen-bond acceptors (Lipinski definition) is 4. The van der Waals surface area contributed by atoms with E-state index in [1.54, 1.807) is 0 Å². The Labute approximate surface area is 124 Å². The van der Waals surface area contributed by atoms with Gasteiger partial charge in [0.25, 0.3) is 0 Å². The van der Waals surface area contributed by atoms with Crippen LogP contribution in [0, 0.1) is 0 Å². The van der Waals surface area contributed by atoms with Crippen molar-refractivity contribution in [1.29, 1.82) is 0 Å². The van der Waals surface area contributed by atoms with E-state index in [1.807, 2.05) is 0 Å². The fourth-order valence-electron chi connectivity index (χ4n) is 1.58. The lowest BCUT2D eigenvalue weighted by Gasteiger charge is -2.11. The summed E-state index contributed by atoms with van der Waals surface area (Å²) in [6, 6.07) is 1.03. The predicted octanol–water partition coefficient (Wildman–Crippen LogP) is 1.29. The average molecular weight is 287 g/mol. The number of rotatable bonds is 13. The van der Waals surface area contributed by atoms with E-state index in [9.17, 15) is 4.79 Å². The Morgan fingerprint density at radius 3 is 2.45 bits per heavy atom. The highest BCUT2D eigenvalue weighted by Crippen LogP contribution is 1.88. The summed E-state index contributed by atoms with van der Waals surface area (Å²) in [6.45, 7) is 12.2. The first-order valence-corrected chi connectivity index (χ1v) is 7.87. The van der Waals surface area contributed by atoms with Gasteiger partial charge in [-0.2, -0.15) is 0 Å². The summed E-state index contributed by atoms with van der Waals surface area (Å²) in [6.07, 6.45) is 2.53. The van der Waals surface area contributed by atoms with E-state index in [0.29, 0.717) is 31.7 Å². The van der Waals surface area contributed by atoms with Gasteiger partial charge in [0.05, 0.1) is 13.2 Å². The summed E-state index contributed by atoms with van der Waals surface area (Å²) in [5.41, 5.74) is 0. The van der Waals surface area contributed by atoms with E-state index in [-0.39, 0.29) is 5.91 Å². The average Bonchev–Trinajstić information content (AvgIpc) is 2.41. The van der Waals surface area contributed by atoms with Gasteiger partial charge >= 0.3 is 0 Å². The molecular formula is C15H33N3O2. The Kier molecular flexibility index (Phi) is 12.9. The van der Waals surface area contributed by atoms with Crippen LogP contribution in [0.25, 0.3) is 0 Å². The minimum absolute atomic E-state index is 0.0735. The molecule has 0 spiro atoms. The van der Waals surface area contributed by atoms with Gasteiger partial charge in [0.2, 0.25) is 5.91 Å². The van der Waals surface area contributed by atoms with E-state index in [0.717, 1.165) is 32.5 Å². The van der Waals surface area contributed by atoms with Gasteiger partial charge in [-0.05, 0) is 26.3 Å². The van der Waals surface area contributed by atoms with Crippen LogP contribution in [-0.4, -0.2) is 50.8 Å². The largest absolute Gasteiger partial charge is 0.380 e. The fourth-order valence-corrected chi connectivity index (χ4v) is 1.58. The van der Waals surface area contributed by atoms with Crippen molar-refractivity contribution >= 4 is 5.91 Å². The number of amides is 1. The van der Waals surface area contributed by atoms with Crippen molar-refractivity contribution in [2.45, 2.75) is 59.0 Å². The van der Waals surface area contributed by atoms with Crippen LogP contribution in [0.2, 0.25) is 0 Å². The highest BCUT2D eigenvalue weighted by atomic mass is 16.5. The topological polar surface area (TPSA) is 62.4 Å². The van der Waals surface area contributed by atoms with E-state index >= 15 is 0 Å². The lowest BCUT2D eigenvalue weighted by Crippen LogP contribution is -2.31. The number of ether oxygens (including phenoxy) is 1. The second kappa shape index (κ2) is 13.3. The number of carbonyl (C=O) groups excluding carboxylic acids is 1. The minimum Gasteiger partial charge on any atom is -0.380 e. The van der Waals surface area contributed by atoms with Crippen LogP contribution in [0.3, 0.4) is 0 Å². The van der Waals surface area contributed by atoms with Gasteiger partial charge in [0.1, 0.15) is 0 Å². The maximum absolute atomic E-state index is 11.5. The van der Waals surface area contributed by atoms with E-state index in [1.165, 1.54) is 0 Å². The Hall–Kier alpha value is -0.650. The quantitative estimate of drug-likeness (QED) is 0.447. The monoisotopic (exact) mass is 287 g/mol. The van der Waals surface area contributed by atoms with Crippen molar-refractivity contribution in [3.63, 3.8) is 0 Å². The third kappa shape index (κ3) is 13.8. The van der Waals surface area contributed by atoms with Gasteiger partial charge in [-0.3, -0.25) is 4.79 Å². The molecule has 0 fully saturated rings. The molecule has 1 atom stereocenters. The molecule has 0 aliphatic rings. The van der Waals surface area contributed by atoms with Crippen molar-refractivity contribution in [3.8, 4) is 0 Å². The summed E-state index contributed by atoms with van der Waals surface area (Å²) >= 11 is 0. The molecule has 0 aromatic carbocycles. The van der Waals surface area contributed by atoms with Crippen LogP contribution in [0.4, 0.5) is 0 Å². The molecule has 5 heteroatoms. The first kappa shape index (κ1) is 19.4. The lowest BCUT2D eigenvalue weighted by molar-refractivity contribution is -0.122. The molecule has 0 heterocycles.